The first-order valence-electron chi connectivity index (χ1n) is 10.8. The molecule has 0 fully saturated rings. The monoisotopic (exact) mass is 441 g/mol. The minimum Gasteiger partial charge on any atom is -0.236 e. The van der Waals surface area contributed by atoms with E-state index in [0.717, 1.165) is 44.2 Å². The minimum atomic E-state index is 0.707. The van der Waals surface area contributed by atoms with Crippen molar-refractivity contribution in [2.45, 2.75) is 0 Å². The number of rotatable bonds is 4. The van der Waals surface area contributed by atoms with Crippen LogP contribution in [-0.2, 0) is 0 Å². The summed E-state index contributed by atoms with van der Waals surface area (Å²) in [6, 6.07) is 39.2. The third kappa shape index (κ3) is 3.93. The van der Waals surface area contributed by atoms with E-state index in [4.69, 9.17) is 15.0 Å². The summed E-state index contributed by atoms with van der Waals surface area (Å²) in [7, 11) is 0. The number of para-hydroxylation sites is 1. The van der Waals surface area contributed by atoms with Gasteiger partial charge in [0.15, 0.2) is 5.82 Å². The first kappa shape index (κ1) is 19.5. The van der Waals surface area contributed by atoms with Gasteiger partial charge in [-0.3, -0.25) is 0 Å². The summed E-state index contributed by atoms with van der Waals surface area (Å²) in [5.41, 5.74) is 7.03. The molecule has 0 spiro atoms. The molecule has 2 heterocycles. The Hall–Kier alpha value is -4.15. The van der Waals surface area contributed by atoms with E-state index in [1.54, 1.807) is 11.3 Å². The van der Waals surface area contributed by atoms with Crippen molar-refractivity contribution in [1.29, 1.82) is 0 Å². The molecule has 2 aromatic heterocycles. The molecule has 0 saturated heterocycles. The molecule has 0 atom stereocenters. The second kappa shape index (κ2) is 8.41. The Morgan fingerprint density at radius 1 is 0.455 bits per heavy atom. The van der Waals surface area contributed by atoms with Crippen LogP contribution in [0.25, 0.3) is 54.7 Å². The average Bonchev–Trinajstić information content (AvgIpc) is 3.34. The molecule has 0 amide bonds. The Morgan fingerprint density at radius 3 is 1.70 bits per heavy atom. The fourth-order valence-corrected chi connectivity index (χ4v) is 4.84. The SMILES string of the molecule is c1ccc(-c2cc(-c3ccccc3)nc(-c3cccc(-c4nc5ccccc5s4)c3)n2)cc1. The molecule has 156 valence electrons. The lowest BCUT2D eigenvalue weighted by Gasteiger charge is -2.10. The first-order chi connectivity index (χ1) is 16.3. The summed E-state index contributed by atoms with van der Waals surface area (Å²) < 4.78 is 1.19. The van der Waals surface area contributed by atoms with E-state index in [2.05, 4.69) is 72.8 Å². The van der Waals surface area contributed by atoms with Gasteiger partial charge in [0.2, 0.25) is 0 Å². The number of thiazole rings is 1. The lowest BCUT2D eigenvalue weighted by atomic mass is 10.1. The summed E-state index contributed by atoms with van der Waals surface area (Å²) in [6.07, 6.45) is 0. The highest BCUT2D eigenvalue weighted by Crippen LogP contribution is 2.33. The van der Waals surface area contributed by atoms with Crippen LogP contribution in [0.4, 0.5) is 0 Å². The van der Waals surface area contributed by atoms with Gasteiger partial charge in [-0.1, -0.05) is 91.0 Å². The van der Waals surface area contributed by atoms with Crippen molar-refractivity contribution < 1.29 is 0 Å². The van der Waals surface area contributed by atoms with E-state index in [9.17, 15) is 0 Å². The van der Waals surface area contributed by atoms with E-state index in [-0.39, 0.29) is 0 Å². The molecule has 4 aromatic carbocycles. The number of aromatic nitrogens is 3. The van der Waals surface area contributed by atoms with Crippen molar-refractivity contribution in [3.8, 4) is 44.5 Å². The Kier molecular flexibility index (Phi) is 4.98. The third-order valence-electron chi connectivity index (χ3n) is 5.53. The zero-order valence-corrected chi connectivity index (χ0v) is 18.5. The molecule has 33 heavy (non-hydrogen) atoms. The second-order valence-electron chi connectivity index (χ2n) is 7.76. The number of fused-ring (bicyclic) bond motifs is 1. The highest BCUT2D eigenvalue weighted by molar-refractivity contribution is 7.21. The molecule has 0 aliphatic rings. The van der Waals surface area contributed by atoms with Gasteiger partial charge in [-0.15, -0.1) is 11.3 Å². The summed E-state index contributed by atoms with van der Waals surface area (Å²) in [4.78, 5) is 14.7. The molecule has 6 aromatic rings. The standard InChI is InChI=1S/C29H19N3S/c1-3-10-20(11-4-1)25-19-26(21-12-5-2-6-13-21)31-28(30-25)22-14-9-15-23(18-22)29-32-24-16-7-8-17-27(24)33-29/h1-19H. The summed E-state index contributed by atoms with van der Waals surface area (Å²) in [6.45, 7) is 0. The predicted molar refractivity (Wildman–Crippen MR) is 137 cm³/mol. The fourth-order valence-electron chi connectivity index (χ4n) is 3.88. The molecular weight excluding hydrogens is 422 g/mol. The van der Waals surface area contributed by atoms with Gasteiger partial charge in [-0.05, 0) is 24.3 Å². The van der Waals surface area contributed by atoms with Crippen molar-refractivity contribution in [2.24, 2.45) is 0 Å². The van der Waals surface area contributed by atoms with Gasteiger partial charge < -0.3 is 0 Å². The topological polar surface area (TPSA) is 38.7 Å². The normalized spacial score (nSPS) is 11.0. The molecule has 0 saturated carbocycles. The predicted octanol–water partition coefficient (Wildman–Crippen LogP) is 7.75. The molecule has 0 bridgehead atoms. The van der Waals surface area contributed by atoms with Gasteiger partial charge in [0.1, 0.15) is 5.01 Å². The molecule has 0 aliphatic carbocycles. The van der Waals surface area contributed by atoms with Crippen molar-refractivity contribution in [1.82, 2.24) is 15.0 Å². The van der Waals surface area contributed by atoms with Crippen molar-refractivity contribution in [3.05, 3.63) is 115 Å². The molecule has 0 unspecified atom stereocenters. The van der Waals surface area contributed by atoms with E-state index in [1.807, 2.05) is 42.5 Å². The average molecular weight is 442 g/mol. The van der Waals surface area contributed by atoms with Crippen LogP contribution in [0.3, 0.4) is 0 Å². The van der Waals surface area contributed by atoms with Gasteiger partial charge in [-0.2, -0.15) is 0 Å². The van der Waals surface area contributed by atoms with Crippen LogP contribution in [0.2, 0.25) is 0 Å². The third-order valence-corrected chi connectivity index (χ3v) is 6.61. The number of nitrogens with zero attached hydrogens (tertiary/aromatic N) is 3. The molecule has 6 rings (SSSR count). The van der Waals surface area contributed by atoms with Crippen LogP contribution < -0.4 is 0 Å². The van der Waals surface area contributed by atoms with Gasteiger partial charge >= 0.3 is 0 Å². The highest BCUT2D eigenvalue weighted by Gasteiger charge is 2.12. The summed E-state index contributed by atoms with van der Waals surface area (Å²) in [5, 5.41) is 1.00. The zero-order chi connectivity index (χ0) is 22.0. The van der Waals surface area contributed by atoms with Crippen molar-refractivity contribution >= 4 is 21.6 Å². The van der Waals surface area contributed by atoms with E-state index < -0.39 is 0 Å². The maximum Gasteiger partial charge on any atom is 0.160 e. The number of hydrogen-bond acceptors (Lipinski definition) is 4. The lowest BCUT2D eigenvalue weighted by molar-refractivity contribution is 1.18. The maximum absolute atomic E-state index is 4.95. The fraction of sp³-hybridized carbons (Fsp3) is 0. The Balaban J connectivity index is 1.49. The van der Waals surface area contributed by atoms with Crippen LogP contribution in [0.15, 0.2) is 115 Å². The second-order valence-corrected chi connectivity index (χ2v) is 8.79. The first-order valence-corrected chi connectivity index (χ1v) is 11.6. The number of benzene rings is 4. The summed E-state index contributed by atoms with van der Waals surface area (Å²) >= 11 is 1.70. The quantitative estimate of drug-likeness (QED) is 0.281. The van der Waals surface area contributed by atoms with Crippen LogP contribution in [0.1, 0.15) is 0 Å². The molecule has 4 heteroatoms. The van der Waals surface area contributed by atoms with E-state index in [0.29, 0.717) is 5.82 Å². The van der Waals surface area contributed by atoms with Crippen LogP contribution in [0.5, 0.6) is 0 Å². The van der Waals surface area contributed by atoms with Crippen LogP contribution >= 0.6 is 11.3 Å². The van der Waals surface area contributed by atoms with Crippen LogP contribution in [-0.4, -0.2) is 15.0 Å². The molecule has 0 aliphatic heterocycles. The van der Waals surface area contributed by atoms with Gasteiger partial charge in [0.25, 0.3) is 0 Å². The van der Waals surface area contributed by atoms with Gasteiger partial charge in [-0.25, -0.2) is 15.0 Å². The molecule has 0 N–H and O–H groups in total. The molecular formula is C29H19N3S. The Bertz CT molecular complexity index is 1470. The van der Waals surface area contributed by atoms with Crippen molar-refractivity contribution in [2.75, 3.05) is 0 Å². The molecule has 0 radical (unpaired) electrons. The minimum absolute atomic E-state index is 0.707. The van der Waals surface area contributed by atoms with Gasteiger partial charge in [0.05, 0.1) is 21.6 Å². The van der Waals surface area contributed by atoms with E-state index in [1.165, 1.54) is 4.70 Å². The largest absolute Gasteiger partial charge is 0.236 e. The number of hydrogen-bond donors (Lipinski definition) is 0. The maximum atomic E-state index is 4.95. The van der Waals surface area contributed by atoms with Crippen molar-refractivity contribution in [3.63, 3.8) is 0 Å². The highest BCUT2D eigenvalue weighted by atomic mass is 32.1. The summed E-state index contributed by atoms with van der Waals surface area (Å²) in [5.74, 6) is 0.707. The smallest absolute Gasteiger partial charge is 0.160 e. The molecule has 3 nitrogen and oxygen atoms in total. The van der Waals surface area contributed by atoms with E-state index >= 15 is 0 Å². The lowest BCUT2D eigenvalue weighted by Crippen LogP contribution is -1.96. The Morgan fingerprint density at radius 2 is 1.03 bits per heavy atom. The van der Waals surface area contributed by atoms with Gasteiger partial charge in [0, 0.05) is 22.3 Å². The van der Waals surface area contributed by atoms with Crippen LogP contribution in [0, 0.1) is 0 Å². The Labute approximate surface area is 196 Å². The zero-order valence-electron chi connectivity index (χ0n) is 17.7.